The maximum atomic E-state index is 13.2. The predicted molar refractivity (Wildman–Crippen MR) is 128 cm³/mol. The Labute approximate surface area is 193 Å². The number of hydrogen-bond donors (Lipinski definition) is 4. The zero-order valence-electron chi connectivity index (χ0n) is 18.9. The normalized spacial score (nSPS) is 11.3. The fraction of sp³-hybridized carbons (Fsp3) is 0.400. The van der Waals surface area contributed by atoms with Crippen molar-refractivity contribution in [2.24, 2.45) is 16.5 Å². The Morgan fingerprint density at radius 3 is 2.30 bits per heavy atom. The highest BCUT2D eigenvalue weighted by molar-refractivity contribution is 7.89. The standard InChI is InChI=1S/C20H30N6O3S.N2.H2O/c1-4-23-19(27)16(10-7-13-24-20(21)22)25-30(28,29)18-12-6-8-14-15(18)9-5-11-17(14)26(2)3;1-2;/h5-6,8-9,11-12,16,25H,4,7,10,13H2,1-3H3,(H,23,27)(H4,21,22,24);;1H2/t16-;;/m0../s1. The summed E-state index contributed by atoms with van der Waals surface area (Å²) in [4.78, 5) is 18.4. The molecule has 0 aliphatic rings. The smallest absolute Gasteiger partial charge is 0.241 e. The largest absolute Gasteiger partial charge is 0.412 e. The number of nitrogens with two attached hydrogens (primary N) is 2. The van der Waals surface area contributed by atoms with Crippen LogP contribution in [0.5, 0.6) is 0 Å². The van der Waals surface area contributed by atoms with Crippen molar-refractivity contribution in [2.75, 3.05) is 32.1 Å². The first-order valence-electron chi connectivity index (χ1n) is 9.92. The monoisotopic (exact) mass is 480 g/mol. The third kappa shape index (κ3) is 8.19. The van der Waals surface area contributed by atoms with Gasteiger partial charge in [0.2, 0.25) is 15.9 Å². The molecular formula is C20H32N8O4S. The molecule has 33 heavy (non-hydrogen) atoms. The van der Waals surface area contributed by atoms with Crippen molar-refractivity contribution in [3.05, 3.63) is 36.4 Å². The Morgan fingerprint density at radius 2 is 1.73 bits per heavy atom. The molecule has 0 aromatic heterocycles. The van der Waals surface area contributed by atoms with Crippen LogP contribution in [-0.4, -0.2) is 59.0 Å². The lowest BCUT2D eigenvalue weighted by atomic mass is 10.1. The van der Waals surface area contributed by atoms with Crippen molar-refractivity contribution in [2.45, 2.75) is 30.7 Å². The predicted octanol–water partition coefficient (Wildman–Crippen LogP) is -0.0521. The summed E-state index contributed by atoms with van der Waals surface area (Å²) in [6, 6.07) is 9.68. The number of guanidine groups is 1. The maximum absolute atomic E-state index is 13.2. The van der Waals surface area contributed by atoms with Crippen LogP contribution in [0.1, 0.15) is 19.8 Å². The van der Waals surface area contributed by atoms with Gasteiger partial charge in [-0.15, -0.1) is 0 Å². The molecule has 2 rings (SSSR count). The van der Waals surface area contributed by atoms with Crippen molar-refractivity contribution in [1.29, 1.82) is 10.8 Å². The minimum Gasteiger partial charge on any atom is -0.412 e. The van der Waals surface area contributed by atoms with E-state index in [9.17, 15) is 13.2 Å². The molecule has 0 aliphatic carbocycles. The van der Waals surface area contributed by atoms with E-state index in [0.717, 1.165) is 11.1 Å². The number of carbonyl (C=O) groups excluding carboxylic acids is 1. The molecule has 12 nitrogen and oxygen atoms in total. The number of amides is 1. The molecule has 0 saturated carbocycles. The van der Waals surface area contributed by atoms with Gasteiger partial charge in [0.15, 0.2) is 5.96 Å². The average molecular weight is 481 g/mol. The summed E-state index contributed by atoms with van der Waals surface area (Å²) in [7, 11) is -0.163. The molecule has 0 fully saturated rings. The van der Waals surface area contributed by atoms with Gasteiger partial charge in [0.25, 0.3) is 0 Å². The number of likely N-dealkylation sites (N-methyl/N-ethyl adjacent to an activating group) is 1. The number of rotatable bonds is 10. The highest BCUT2D eigenvalue weighted by Gasteiger charge is 2.26. The number of anilines is 1. The molecule has 1 amide bonds. The van der Waals surface area contributed by atoms with Crippen LogP contribution < -0.4 is 26.4 Å². The van der Waals surface area contributed by atoms with Crippen LogP contribution in [0, 0.1) is 10.8 Å². The Balaban J connectivity index is 0.00000332. The van der Waals surface area contributed by atoms with Crippen LogP contribution in [0.25, 0.3) is 10.8 Å². The summed E-state index contributed by atoms with van der Waals surface area (Å²) >= 11 is 0. The van der Waals surface area contributed by atoms with Gasteiger partial charge in [0.05, 0.1) is 4.90 Å². The van der Waals surface area contributed by atoms with Gasteiger partial charge in [0.1, 0.15) is 6.04 Å². The minimum atomic E-state index is -3.96. The summed E-state index contributed by atoms with van der Waals surface area (Å²) in [5, 5.41) is 16.1. The second-order valence-electron chi connectivity index (χ2n) is 7.04. The van der Waals surface area contributed by atoms with E-state index in [-0.39, 0.29) is 28.7 Å². The first-order valence-corrected chi connectivity index (χ1v) is 11.4. The molecule has 182 valence electrons. The Kier molecular flexibility index (Phi) is 12.4. The Morgan fingerprint density at radius 1 is 1.12 bits per heavy atom. The second-order valence-corrected chi connectivity index (χ2v) is 8.72. The molecule has 0 heterocycles. The van der Waals surface area contributed by atoms with Crippen LogP contribution in [-0.2, 0) is 14.8 Å². The van der Waals surface area contributed by atoms with Crippen LogP contribution >= 0.6 is 0 Å². The number of nitrogens with one attached hydrogen (secondary N) is 2. The van der Waals surface area contributed by atoms with E-state index in [2.05, 4.69) is 15.0 Å². The minimum absolute atomic E-state index is 0. The van der Waals surface area contributed by atoms with Gasteiger partial charge < -0.3 is 27.2 Å². The average Bonchev–Trinajstić information content (AvgIpc) is 2.76. The highest BCUT2D eigenvalue weighted by Crippen LogP contribution is 2.30. The fourth-order valence-electron chi connectivity index (χ4n) is 3.18. The molecule has 2 aromatic rings. The van der Waals surface area contributed by atoms with Crippen molar-refractivity contribution in [3.8, 4) is 0 Å². The van der Waals surface area contributed by atoms with Crippen molar-refractivity contribution in [1.82, 2.24) is 10.0 Å². The third-order valence-corrected chi connectivity index (χ3v) is 6.07. The van der Waals surface area contributed by atoms with E-state index >= 15 is 0 Å². The number of aliphatic imine (C=N–C) groups is 1. The molecule has 0 spiro atoms. The van der Waals surface area contributed by atoms with Crippen LogP contribution in [0.3, 0.4) is 0 Å². The van der Waals surface area contributed by atoms with E-state index < -0.39 is 16.1 Å². The molecule has 13 heteroatoms. The van der Waals surface area contributed by atoms with E-state index in [4.69, 9.17) is 22.3 Å². The van der Waals surface area contributed by atoms with Crippen LogP contribution in [0.2, 0.25) is 0 Å². The van der Waals surface area contributed by atoms with Gasteiger partial charge >= 0.3 is 0 Å². The Hall–Kier alpha value is -3.47. The SMILES string of the molecule is CCNC(=O)[C@H](CCCN=C(N)N)NS(=O)(=O)c1cccc2c(N(C)C)cccc12.N#N.O. The number of nitrogens with zero attached hydrogens (tertiary/aromatic N) is 4. The van der Waals surface area contributed by atoms with Gasteiger partial charge in [0, 0.05) is 54.4 Å². The van der Waals surface area contributed by atoms with Gasteiger partial charge in [-0.3, -0.25) is 9.79 Å². The maximum Gasteiger partial charge on any atom is 0.241 e. The van der Waals surface area contributed by atoms with Crippen LogP contribution in [0.4, 0.5) is 5.69 Å². The zero-order valence-corrected chi connectivity index (χ0v) is 19.8. The lowest BCUT2D eigenvalue weighted by molar-refractivity contribution is -0.122. The molecule has 8 N–H and O–H groups in total. The second kappa shape index (κ2) is 13.8. The quantitative estimate of drug-likeness (QED) is 0.156. The van der Waals surface area contributed by atoms with E-state index in [1.807, 2.05) is 37.2 Å². The van der Waals surface area contributed by atoms with E-state index in [1.54, 1.807) is 19.1 Å². The first-order chi connectivity index (χ1) is 15.2. The number of sulfonamides is 1. The molecule has 0 saturated heterocycles. The summed E-state index contributed by atoms with van der Waals surface area (Å²) < 4.78 is 29.0. The van der Waals surface area contributed by atoms with Gasteiger partial charge in [-0.05, 0) is 31.9 Å². The van der Waals surface area contributed by atoms with Crippen molar-refractivity contribution in [3.63, 3.8) is 0 Å². The molecular weight excluding hydrogens is 448 g/mol. The molecule has 2 aromatic carbocycles. The third-order valence-electron chi connectivity index (χ3n) is 4.54. The van der Waals surface area contributed by atoms with Crippen molar-refractivity contribution < 1.29 is 18.7 Å². The zero-order chi connectivity index (χ0) is 24.3. The van der Waals surface area contributed by atoms with Gasteiger partial charge in [-0.1, -0.05) is 24.3 Å². The lowest BCUT2D eigenvalue weighted by Crippen LogP contribution is -2.46. The molecule has 0 radical (unpaired) electrons. The fourth-order valence-corrected chi connectivity index (χ4v) is 4.64. The van der Waals surface area contributed by atoms with E-state index in [0.29, 0.717) is 24.9 Å². The number of benzene rings is 2. The number of hydrogen-bond acceptors (Lipinski definition) is 7. The first kappa shape index (κ1) is 29.5. The summed E-state index contributed by atoms with van der Waals surface area (Å²) in [6.07, 6.45) is 0.706. The summed E-state index contributed by atoms with van der Waals surface area (Å²) in [5.74, 6) is -0.433. The molecule has 1 atom stereocenters. The van der Waals surface area contributed by atoms with Gasteiger partial charge in [-0.25, -0.2) is 8.42 Å². The number of carbonyl (C=O) groups is 1. The highest BCUT2D eigenvalue weighted by atomic mass is 32.2. The summed E-state index contributed by atoms with van der Waals surface area (Å²) in [5.41, 5.74) is 11.5. The van der Waals surface area contributed by atoms with Crippen molar-refractivity contribution >= 4 is 38.3 Å². The lowest BCUT2D eigenvalue weighted by Gasteiger charge is -2.20. The van der Waals surface area contributed by atoms with Gasteiger partial charge in [-0.2, -0.15) is 4.72 Å². The molecule has 0 aliphatic heterocycles. The Bertz CT molecular complexity index is 1070. The van der Waals surface area contributed by atoms with E-state index in [1.165, 1.54) is 6.07 Å². The molecule has 0 bridgehead atoms. The summed E-state index contributed by atoms with van der Waals surface area (Å²) in [6.45, 7) is 2.47. The topological polar surface area (TPSA) is 222 Å². The molecule has 0 unspecified atom stereocenters. The van der Waals surface area contributed by atoms with Crippen LogP contribution in [0.15, 0.2) is 46.3 Å². The number of fused-ring (bicyclic) bond motifs is 1.